The molecule has 0 unspecified atom stereocenters. The molecule has 0 radical (unpaired) electrons. The van der Waals surface area contributed by atoms with Crippen LogP contribution in [0.4, 0.5) is 5.95 Å². The Morgan fingerprint density at radius 3 is 2.36 bits per heavy atom. The van der Waals surface area contributed by atoms with Gasteiger partial charge in [0.2, 0.25) is 5.95 Å². The number of aromatic nitrogens is 2. The highest BCUT2D eigenvalue weighted by atomic mass is 16.2. The van der Waals surface area contributed by atoms with Crippen molar-refractivity contribution in [3.8, 4) is 11.1 Å². The van der Waals surface area contributed by atoms with Gasteiger partial charge < -0.3 is 9.80 Å². The summed E-state index contributed by atoms with van der Waals surface area (Å²) in [6.07, 6.45) is 8.74. The molecule has 186 valence electrons. The predicted octanol–water partition coefficient (Wildman–Crippen LogP) is 4.45. The molecular formula is C30H35N5O. The standard InChI is InChI=1S/C30H35N5O/c36-29(27-13-5-4-12-26(27)23-8-2-1-3-9-23)34-16-7-14-28-24(15-17-34)22-31-30(32-28)35-20-18-33(19-21-35)25-10-6-11-25/h1-5,8-9,12-13,22,25H,6-7,10-11,14-21H2. The van der Waals surface area contributed by atoms with Gasteiger partial charge in [-0.1, -0.05) is 55.0 Å². The van der Waals surface area contributed by atoms with Gasteiger partial charge in [0.25, 0.3) is 5.91 Å². The molecule has 6 nitrogen and oxygen atoms in total. The van der Waals surface area contributed by atoms with Crippen LogP contribution in [-0.4, -0.2) is 71.0 Å². The average molecular weight is 482 g/mol. The van der Waals surface area contributed by atoms with Gasteiger partial charge in [0.05, 0.1) is 0 Å². The molecule has 1 saturated heterocycles. The second kappa shape index (κ2) is 10.4. The van der Waals surface area contributed by atoms with Crippen LogP contribution in [0.3, 0.4) is 0 Å². The van der Waals surface area contributed by atoms with E-state index in [1.165, 1.54) is 30.5 Å². The van der Waals surface area contributed by atoms with Gasteiger partial charge >= 0.3 is 0 Å². The molecule has 6 heteroatoms. The number of carbonyl (C=O) groups is 1. The minimum absolute atomic E-state index is 0.111. The Bertz CT molecular complexity index is 1200. The van der Waals surface area contributed by atoms with E-state index in [2.05, 4.69) is 21.9 Å². The Labute approximate surface area is 214 Å². The zero-order valence-electron chi connectivity index (χ0n) is 21.0. The van der Waals surface area contributed by atoms with Gasteiger partial charge in [-0.2, -0.15) is 0 Å². The molecular weight excluding hydrogens is 446 g/mol. The summed E-state index contributed by atoms with van der Waals surface area (Å²) in [5.41, 5.74) is 5.19. The van der Waals surface area contributed by atoms with Gasteiger partial charge in [-0.25, -0.2) is 9.97 Å². The van der Waals surface area contributed by atoms with Crippen molar-refractivity contribution in [2.24, 2.45) is 0 Å². The molecule has 2 aromatic carbocycles. The molecule has 0 bridgehead atoms. The largest absolute Gasteiger partial charge is 0.338 e. The van der Waals surface area contributed by atoms with E-state index in [4.69, 9.17) is 9.97 Å². The van der Waals surface area contributed by atoms with Crippen LogP contribution in [0.15, 0.2) is 60.8 Å². The second-order valence-corrected chi connectivity index (χ2v) is 10.3. The summed E-state index contributed by atoms with van der Waals surface area (Å²) in [6.45, 7) is 5.70. The molecule has 1 aromatic heterocycles. The van der Waals surface area contributed by atoms with Crippen LogP contribution >= 0.6 is 0 Å². The molecule has 3 aliphatic rings. The summed E-state index contributed by atoms with van der Waals surface area (Å²) >= 11 is 0. The first kappa shape index (κ1) is 23.2. The number of rotatable bonds is 4. The van der Waals surface area contributed by atoms with E-state index >= 15 is 0 Å². The van der Waals surface area contributed by atoms with E-state index in [1.807, 2.05) is 53.6 Å². The second-order valence-electron chi connectivity index (χ2n) is 10.3. The fourth-order valence-electron chi connectivity index (χ4n) is 5.77. The Morgan fingerprint density at radius 2 is 1.58 bits per heavy atom. The number of carbonyl (C=O) groups excluding carboxylic acids is 1. The number of fused-ring (bicyclic) bond motifs is 1. The summed E-state index contributed by atoms with van der Waals surface area (Å²) in [6, 6.07) is 19.0. The summed E-state index contributed by atoms with van der Waals surface area (Å²) in [5, 5.41) is 0. The van der Waals surface area contributed by atoms with Crippen molar-refractivity contribution in [3.05, 3.63) is 77.6 Å². The lowest BCUT2D eigenvalue weighted by Crippen LogP contribution is -2.52. The Balaban J connectivity index is 1.13. The smallest absolute Gasteiger partial charge is 0.254 e. The maximum Gasteiger partial charge on any atom is 0.254 e. The lowest BCUT2D eigenvalue weighted by molar-refractivity contribution is 0.0753. The number of aryl methyl sites for hydroxylation is 1. The van der Waals surface area contributed by atoms with Crippen LogP contribution in [-0.2, 0) is 12.8 Å². The maximum absolute atomic E-state index is 13.6. The summed E-state index contributed by atoms with van der Waals surface area (Å²) in [7, 11) is 0. The molecule has 0 atom stereocenters. The summed E-state index contributed by atoms with van der Waals surface area (Å²) < 4.78 is 0. The zero-order valence-corrected chi connectivity index (χ0v) is 21.0. The summed E-state index contributed by atoms with van der Waals surface area (Å²) in [5.74, 6) is 0.993. The molecule has 36 heavy (non-hydrogen) atoms. The molecule has 6 rings (SSSR count). The Hall–Kier alpha value is -3.25. The number of benzene rings is 2. The number of amides is 1. The van der Waals surface area contributed by atoms with Crippen LogP contribution in [0.5, 0.6) is 0 Å². The van der Waals surface area contributed by atoms with Gasteiger partial charge in [0.1, 0.15) is 0 Å². The molecule has 3 heterocycles. The van der Waals surface area contributed by atoms with Gasteiger partial charge in [0, 0.05) is 62.8 Å². The lowest BCUT2D eigenvalue weighted by atomic mass is 9.91. The molecule has 2 aliphatic heterocycles. The number of hydrogen-bond donors (Lipinski definition) is 0. The van der Waals surface area contributed by atoms with Crippen molar-refractivity contribution in [1.82, 2.24) is 19.8 Å². The van der Waals surface area contributed by atoms with Crippen LogP contribution < -0.4 is 4.90 Å². The number of piperazine rings is 1. The lowest BCUT2D eigenvalue weighted by Gasteiger charge is -2.43. The van der Waals surface area contributed by atoms with Crippen molar-refractivity contribution in [3.63, 3.8) is 0 Å². The molecule has 1 saturated carbocycles. The van der Waals surface area contributed by atoms with E-state index in [0.717, 1.165) is 80.7 Å². The highest BCUT2D eigenvalue weighted by Gasteiger charge is 2.29. The Morgan fingerprint density at radius 1 is 0.806 bits per heavy atom. The highest BCUT2D eigenvalue weighted by Crippen LogP contribution is 2.27. The van der Waals surface area contributed by atoms with Gasteiger partial charge in [-0.15, -0.1) is 0 Å². The first-order valence-electron chi connectivity index (χ1n) is 13.5. The minimum Gasteiger partial charge on any atom is -0.338 e. The van der Waals surface area contributed by atoms with Gasteiger partial charge in [-0.05, 0) is 54.9 Å². The van der Waals surface area contributed by atoms with Crippen LogP contribution in [0.1, 0.15) is 47.3 Å². The topological polar surface area (TPSA) is 52.6 Å². The minimum atomic E-state index is 0.111. The van der Waals surface area contributed by atoms with Crippen molar-refractivity contribution in [2.45, 2.75) is 44.6 Å². The van der Waals surface area contributed by atoms with Crippen molar-refractivity contribution in [2.75, 3.05) is 44.2 Å². The normalized spacial score (nSPS) is 19.2. The van der Waals surface area contributed by atoms with Crippen molar-refractivity contribution in [1.29, 1.82) is 0 Å². The fraction of sp³-hybridized carbons (Fsp3) is 0.433. The first-order valence-corrected chi connectivity index (χ1v) is 13.5. The Kier molecular flexibility index (Phi) is 6.69. The zero-order chi connectivity index (χ0) is 24.3. The van der Waals surface area contributed by atoms with Crippen LogP contribution in [0, 0.1) is 0 Å². The first-order chi connectivity index (χ1) is 17.8. The number of anilines is 1. The molecule has 1 aliphatic carbocycles. The molecule has 0 N–H and O–H groups in total. The third-order valence-corrected chi connectivity index (χ3v) is 8.15. The molecule has 3 aromatic rings. The number of nitrogens with zero attached hydrogens (tertiary/aromatic N) is 5. The predicted molar refractivity (Wildman–Crippen MR) is 143 cm³/mol. The van der Waals surface area contributed by atoms with Crippen molar-refractivity contribution < 1.29 is 4.79 Å². The third-order valence-electron chi connectivity index (χ3n) is 8.15. The monoisotopic (exact) mass is 481 g/mol. The molecule has 1 amide bonds. The van der Waals surface area contributed by atoms with Crippen LogP contribution in [0.25, 0.3) is 11.1 Å². The van der Waals surface area contributed by atoms with Crippen LogP contribution in [0.2, 0.25) is 0 Å². The van der Waals surface area contributed by atoms with E-state index < -0.39 is 0 Å². The maximum atomic E-state index is 13.6. The highest BCUT2D eigenvalue weighted by molar-refractivity contribution is 6.00. The van der Waals surface area contributed by atoms with E-state index in [0.29, 0.717) is 6.54 Å². The molecule has 2 fully saturated rings. The van der Waals surface area contributed by atoms with E-state index in [1.54, 1.807) is 0 Å². The van der Waals surface area contributed by atoms with E-state index in [-0.39, 0.29) is 5.91 Å². The quantitative estimate of drug-likeness (QED) is 0.551. The third kappa shape index (κ3) is 4.74. The SMILES string of the molecule is O=C(c1ccccc1-c1ccccc1)N1CCCc2nc(N3CCN(C4CCC4)CC3)ncc2CC1. The average Bonchev–Trinajstić information content (AvgIpc) is 2.89. The van der Waals surface area contributed by atoms with E-state index in [9.17, 15) is 4.79 Å². The summed E-state index contributed by atoms with van der Waals surface area (Å²) in [4.78, 5) is 30.4. The fourth-order valence-corrected chi connectivity index (χ4v) is 5.77. The van der Waals surface area contributed by atoms with Gasteiger partial charge in [-0.3, -0.25) is 9.69 Å². The van der Waals surface area contributed by atoms with Crippen molar-refractivity contribution >= 4 is 11.9 Å². The molecule has 0 spiro atoms. The van der Waals surface area contributed by atoms with Gasteiger partial charge in [0.15, 0.2) is 0 Å². The number of hydrogen-bond acceptors (Lipinski definition) is 5.